The van der Waals surface area contributed by atoms with Gasteiger partial charge in [-0.1, -0.05) is 6.08 Å². The first-order chi connectivity index (χ1) is 4.09. The average Bonchev–Trinajstić information content (AvgIpc) is 1.84. The fraction of sp³-hybridized carbons (Fsp3) is 0.333. The van der Waals surface area contributed by atoms with Crippen LogP contribution < -0.4 is 0 Å². The molecule has 0 aromatic heterocycles. The number of nitro groups is 1. The van der Waals surface area contributed by atoms with E-state index in [9.17, 15) is 10.1 Å². The van der Waals surface area contributed by atoms with Gasteiger partial charge < -0.3 is 0 Å². The van der Waals surface area contributed by atoms with Crippen LogP contribution >= 0.6 is 0 Å². The van der Waals surface area contributed by atoms with E-state index < -0.39 is 4.92 Å². The van der Waals surface area contributed by atoms with Crippen LogP contribution in [0.2, 0.25) is 0 Å². The fourth-order valence-corrected chi connectivity index (χ4v) is 0.311. The van der Waals surface area contributed by atoms with Crippen molar-refractivity contribution in [1.29, 1.82) is 0 Å². The van der Waals surface area contributed by atoms with Crippen molar-refractivity contribution in [2.24, 2.45) is 0 Å². The second kappa shape index (κ2) is 3.02. The molecule has 0 aromatic carbocycles. The van der Waals surface area contributed by atoms with Crippen molar-refractivity contribution in [2.75, 3.05) is 0 Å². The Hall–Kier alpha value is -1.12. The predicted molar refractivity (Wildman–Crippen MR) is 35.6 cm³/mol. The molecule has 0 saturated carbocycles. The Bertz CT molecular complexity index is 170. The molecule has 0 rings (SSSR count). The zero-order chi connectivity index (χ0) is 7.44. The molecule has 0 atom stereocenters. The van der Waals surface area contributed by atoms with Crippen molar-refractivity contribution in [2.45, 2.75) is 13.8 Å². The number of allylic oxidation sites excluding steroid dienone is 2. The summed E-state index contributed by atoms with van der Waals surface area (Å²) < 4.78 is 0. The fourth-order valence-electron chi connectivity index (χ4n) is 0.311. The molecule has 0 N–H and O–H groups in total. The summed E-state index contributed by atoms with van der Waals surface area (Å²) in [5.74, 6) is 0. The normalized spacial score (nSPS) is 11.1. The second-order valence-electron chi connectivity index (χ2n) is 1.68. The number of hydrogen-bond donors (Lipinski definition) is 0. The van der Waals surface area contributed by atoms with Crippen molar-refractivity contribution < 1.29 is 4.92 Å². The van der Waals surface area contributed by atoms with Gasteiger partial charge in [0.15, 0.2) is 0 Å². The van der Waals surface area contributed by atoms with Gasteiger partial charge in [0.1, 0.15) is 0 Å². The molecule has 0 spiro atoms. The standard InChI is InChI=1S/C6H9NO2/c1-4-5(2)6(3)7(8)9/h4H,3H2,1-2H3/b5-4-. The Labute approximate surface area is 53.8 Å². The first kappa shape index (κ1) is 7.88. The third-order valence-electron chi connectivity index (χ3n) is 1.11. The highest BCUT2D eigenvalue weighted by Gasteiger charge is 2.06. The molecule has 0 unspecified atom stereocenters. The lowest BCUT2D eigenvalue weighted by molar-refractivity contribution is -0.420. The van der Waals surface area contributed by atoms with E-state index in [1.807, 2.05) is 0 Å². The zero-order valence-electron chi connectivity index (χ0n) is 5.55. The van der Waals surface area contributed by atoms with E-state index in [1.54, 1.807) is 19.9 Å². The second-order valence-corrected chi connectivity index (χ2v) is 1.68. The molecule has 50 valence electrons. The van der Waals surface area contributed by atoms with Crippen molar-refractivity contribution in [1.82, 2.24) is 0 Å². The maximum absolute atomic E-state index is 9.96. The molecule has 0 aliphatic heterocycles. The summed E-state index contributed by atoms with van der Waals surface area (Å²) >= 11 is 0. The molecule has 3 heteroatoms. The van der Waals surface area contributed by atoms with Crippen molar-refractivity contribution in [3.63, 3.8) is 0 Å². The van der Waals surface area contributed by atoms with Gasteiger partial charge in [0.2, 0.25) is 0 Å². The lowest BCUT2D eigenvalue weighted by atomic mass is 10.2. The average molecular weight is 127 g/mol. The molecule has 3 nitrogen and oxygen atoms in total. The summed E-state index contributed by atoms with van der Waals surface area (Å²) in [4.78, 5) is 9.47. The predicted octanol–water partition coefficient (Wildman–Crippen LogP) is 1.74. The van der Waals surface area contributed by atoms with Gasteiger partial charge in [-0.15, -0.1) is 0 Å². The Morgan fingerprint density at radius 1 is 1.78 bits per heavy atom. The first-order valence-electron chi connectivity index (χ1n) is 2.56. The van der Waals surface area contributed by atoms with Crippen LogP contribution in [0.4, 0.5) is 0 Å². The highest BCUT2D eigenvalue weighted by molar-refractivity contribution is 5.18. The van der Waals surface area contributed by atoms with Gasteiger partial charge in [0.25, 0.3) is 5.70 Å². The summed E-state index contributed by atoms with van der Waals surface area (Å²) in [6, 6.07) is 0. The van der Waals surface area contributed by atoms with Crippen molar-refractivity contribution in [3.05, 3.63) is 34.0 Å². The third-order valence-corrected chi connectivity index (χ3v) is 1.11. The van der Waals surface area contributed by atoms with Crippen LogP contribution in [0.5, 0.6) is 0 Å². The molecule has 0 bridgehead atoms. The van der Waals surface area contributed by atoms with Crippen LogP contribution in [-0.2, 0) is 0 Å². The van der Waals surface area contributed by atoms with Gasteiger partial charge in [-0.25, -0.2) is 0 Å². The summed E-state index contributed by atoms with van der Waals surface area (Å²) in [6.07, 6.45) is 1.66. The topological polar surface area (TPSA) is 43.1 Å². The molecule has 0 aliphatic carbocycles. The monoisotopic (exact) mass is 127 g/mol. The largest absolute Gasteiger partial charge is 0.264 e. The van der Waals surface area contributed by atoms with E-state index in [0.717, 1.165) is 0 Å². The molecule has 9 heavy (non-hydrogen) atoms. The van der Waals surface area contributed by atoms with Gasteiger partial charge in [-0.2, -0.15) is 0 Å². The minimum absolute atomic E-state index is 0.0301. The first-order valence-corrected chi connectivity index (χ1v) is 2.56. The lowest BCUT2D eigenvalue weighted by Gasteiger charge is -1.91. The molecule has 0 radical (unpaired) electrons. The van der Waals surface area contributed by atoms with Crippen LogP contribution in [0, 0.1) is 10.1 Å². The molecule has 0 amide bonds. The van der Waals surface area contributed by atoms with Gasteiger partial charge in [0.05, 0.1) is 4.92 Å². The molecule has 0 aromatic rings. The zero-order valence-corrected chi connectivity index (χ0v) is 5.55. The molecular weight excluding hydrogens is 118 g/mol. The number of rotatable bonds is 2. The van der Waals surface area contributed by atoms with Crippen LogP contribution in [0.3, 0.4) is 0 Å². The minimum Gasteiger partial charge on any atom is -0.258 e. The van der Waals surface area contributed by atoms with Crippen LogP contribution in [0.25, 0.3) is 0 Å². The van der Waals surface area contributed by atoms with Crippen molar-refractivity contribution >= 4 is 0 Å². The Kier molecular flexibility index (Phi) is 2.64. The van der Waals surface area contributed by atoms with E-state index in [4.69, 9.17) is 0 Å². The molecule has 0 saturated heterocycles. The maximum Gasteiger partial charge on any atom is 0.264 e. The Balaban J connectivity index is 4.23. The third kappa shape index (κ3) is 2.08. The van der Waals surface area contributed by atoms with Gasteiger partial charge in [0, 0.05) is 5.57 Å². The van der Waals surface area contributed by atoms with Crippen LogP contribution in [0.15, 0.2) is 23.9 Å². The Morgan fingerprint density at radius 3 is 2.33 bits per heavy atom. The Morgan fingerprint density at radius 2 is 2.22 bits per heavy atom. The lowest BCUT2D eigenvalue weighted by Crippen LogP contribution is -1.96. The van der Waals surface area contributed by atoms with E-state index in [2.05, 4.69) is 6.58 Å². The minimum atomic E-state index is -0.491. The van der Waals surface area contributed by atoms with Crippen LogP contribution in [-0.4, -0.2) is 4.92 Å². The maximum atomic E-state index is 9.96. The van der Waals surface area contributed by atoms with E-state index in [0.29, 0.717) is 5.57 Å². The summed E-state index contributed by atoms with van der Waals surface area (Å²) in [6.45, 7) is 6.66. The van der Waals surface area contributed by atoms with Gasteiger partial charge in [-0.05, 0) is 20.4 Å². The SMILES string of the molecule is C=C(/C(C)=C\C)[N+](=O)[O-]. The van der Waals surface area contributed by atoms with Crippen molar-refractivity contribution in [3.8, 4) is 0 Å². The highest BCUT2D eigenvalue weighted by Crippen LogP contribution is 2.05. The van der Waals surface area contributed by atoms with E-state index in [1.165, 1.54) is 0 Å². The smallest absolute Gasteiger partial charge is 0.258 e. The number of nitrogens with zero attached hydrogens (tertiary/aromatic N) is 1. The molecule has 0 fully saturated rings. The summed E-state index contributed by atoms with van der Waals surface area (Å²) in [7, 11) is 0. The summed E-state index contributed by atoms with van der Waals surface area (Å²) in [5, 5.41) is 9.96. The number of hydrogen-bond acceptors (Lipinski definition) is 2. The molecule has 0 heterocycles. The quantitative estimate of drug-likeness (QED) is 0.322. The van der Waals surface area contributed by atoms with E-state index in [-0.39, 0.29) is 5.70 Å². The van der Waals surface area contributed by atoms with E-state index >= 15 is 0 Å². The van der Waals surface area contributed by atoms with Crippen LogP contribution in [0.1, 0.15) is 13.8 Å². The van der Waals surface area contributed by atoms with Gasteiger partial charge >= 0.3 is 0 Å². The highest BCUT2D eigenvalue weighted by atomic mass is 16.6. The molecular formula is C6H9NO2. The van der Waals surface area contributed by atoms with Gasteiger partial charge in [-0.3, -0.25) is 10.1 Å². The summed E-state index contributed by atoms with van der Waals surface area (Å²) in [5.41, 5.74) is 0.581. The molecule has 0 aliphatic rings.